The number of alkyl halides is 3. The average Bonchev–Trinajstić information content (AvgIpc) is 3.47. The number of aliphatic carboxylic acids is 1. The van der Waals surface area contributed by atoms with Gasteiger partial charge >= 0.3 is 18.1 Å². The van der Waals surface area contributed by atoms with E-state index in [4.69, 9.17) is 24.5 Å². The molecule has 1 saturated carbocycles. The van der Waals surface area contributed by atoms with Gasteiger partial charge in [-0.3, -0.25) is 4.90 Å². The first kappa shape index (κ1) is 23.0. The first-order valence-electron chi connectivity index (χ1n) is 9.14. The van der Waals surface area contributed by atoms with Gasteiger partial charge in [0.1, 0.15) is 17.9 Å². The number of nitrogens with zero attached hydrogens (tertiary/aromatic N) is 1. The normalized spacial score (nSPS) is 22.3. The summed E-state index contributed by atoms with van der Waals surface area (Å²) >= 11 is 0. The number of para-hydroxylation sites is 1. The molecule has 2 fully saturated rings. The minimum Gasteiger partial charge on any atom is -0.491 e. The molecule has 1 heterocycles. The maximum atomic E-state index is 11.1. The van der Waals surface area contributed by atoms with Gasteiger partial charge in [0, 0.05) is 19.6 Å². The van der Waals surface area contributed by atoms with Crippen LogP contribution in [0, 0.1) is 5.92 Å². The number of aromatic carboxylic acids is 1. The number of carboxylic acids is 2. The molecule has 3 rings (SSSR count). The van der Waals surface area contributed by atoms with Crippen molar-refractivity contribution in [3.63, 3.8) is 0 Å². The quantitative estimate of drug-likeness (QED) is 0.732. The number of halogens is 3. The smallest absolute Gasteiger partial charge is 0.490 e. The number of hydrogen-bond donors (Lipinski definition) is 2. The monoisotopic (exact) mass is 419 g/mol. The molecule has 1 atom stereocenters. The van der Waals surface area contributed by atoms with Crippen molar-refractivity contribution in [3.05, 3.63) is 29.8 Å². The Kier molecular flexibility index (Phi) is 7.48. The maximum Gasteiger partial charge on any atom is 0.490 e. The van der Waals surface area contributed by atoms with Crippen LogP contribution in [-0.2, 0) is 9.53 Å². The Balaban J connectivity index is 0.000000370. The predicted octanol–water partition coefficient (Wildman–Crippen LogP) is 2.90. The summed E-state index contributed by atoms with van der Waals surface area (Å²) in [6.07, 6.45) is -2.54. The Morgan fingerprint density at radius 3 is 2.45 bits per heavy atom. The second-order valence-electron chi connectivity index (χ2n) is 7.16. The summed E-state index contributed by atoms with van der Waals surface area (Å²) in [5.41, 5.74) is 0.198. The second kappa shape index (κ2) is 9.45. The number of carbonyl (C=O) groups is 2. The summed E-state index contributed by atoms with van der Waals surface area (Å²) in [7, 11) is 0. The molecule has 29 heavy (non-hydrogen) atoms. The van der Waals surface area contributed by atoms with Crippen molar-refractivity contribution in [3.8, 4) is 5.75 Å². The van der Waals surface area contributed by atoms with E-state index in [0.717, 1.165) is 26.2 Å². The van der Waals surface area contributed by atoms with E-state index >= 15 is 0 Å². The Morgan fingerprint density at radius 2 is 1.90 bits per heavy atom. The van der Waals surface area contributed by atoms with E-state index < -0.39 is 18.1 Å². The first-order chi connectivity index (χ1) is 13.5. The lowest BCUT2D eigenvalue weighted by Gasteiger charge is -2.40. The van der Waals surface area contributed by atoms with Gasteiger partial charge in [0.15, 0.2) is 0 Å². The van der Waals surface area contributed by atoms with Gasteiger partial charge in [-0.2, -0.15) is 13.2 Å². The molecule has 0 spiro atoms. The third kappa shape index (κ3) is 6.90. The first-order valence-corrected chi connectivity index (χ1v) is 9.14. The zero-order valence-corrected chi connectivity index (χ0v) is 15.9. The lowest BCUT2D eigenvalue weighted by Crippen LogP contribution is -2.52. The molecule has 1 aromatic rings. The van der Waals surface area contributed by atoms with Gasteiger partial charge in [0.2, 0.25) is 0 Å². The van der Waals surface area contributed by atoms with Gasteiger partial charge < -0.3 is 19.7 Å². The summed E-state index contributed by atoms with van der Waals surface area (Å²) in [6.45, 7) is 6.09. The van der Waals surface area contributed by atoms with Gasteiger partial charge in [0.25, 0.3) is 0 Å². The van der Waals surface area contributed by atoms with Crippen LogP contribution in [0.25, 0.3) is 0 Å². The van der Waals surface area contributed by atoms with Crippen LogP contribution in [0.1, 0.15) is 30.1 Å². The van der Waals surface area contributed by atoms with Gasteiger partial charge in [-0.1, -0.05) is 12.1 Å². The molecule has 1 unspecified atom stereocenters. The molecular formula is C19H24F3NO6. The molecule has 1 aliphatic heterocycles. The average molecular weight is 419 g/mol. The van der Waals surface area contributed by atoms with Crippen LogP contribution >= 0.6 is 0 Å². The van der Waals surface area contributed by atoms with Crippen molar-refractivity contribution in [2.24, 2.45) is 5.92 Å². The molecule has 7 nitrogen and oxygen atoms in total. The van der Waals surface area contributed by atoms with Crippen LogP contribution in [0.5, 0.6) is 5.75 Å². The second-order valence-corrected chi connectivity index (χ2v) is 7.16. The molecule has 0 aromatic heterocycles. The summed E-state index contributed by atoms with van der Waals surface area (Å²) in [5.74, 6) is -2.58. The Labute approximate surface area is 166 Å². The maximum absolute atomic E-state index is 11.1. The minimum atomic E-state index is -5.08. The number of ether oxygens (including phenoxy) is 2. The zero-order chi connectivity index (χ0) is 21.7. The fourth-order valence-corrected chi connectivity index (χ4v) is 3.16. The lowest BCUT2D eigenvalue weighted by molar-refractivity contribution is -0.192. The van der Waals surface area contributed by atoms with Crippen molar-refractivity contribution in [1.29, 1.82) is 0 Å². The van der Waals surface area contributed by atoms with Crippen LogP contribution in [0.15, 0.2) is 24.3 Å². The molecule has 0 radical (unpaired) electrons. The standard InChI is InChI=1S/C17H23NO4.C2HF3O2/c1-17(13-6-7-13)12-18(9-11-22-17)8-10-21-15-5-3-2-4-14(15)16(19)20;3-2(4,5)1(6)7/h2-5,13H,6-12H2,1H3,(H,19,20);(H,6,7). The van der Waals surface area contributed by atoms with Crippen molar-refractivity contribution in [1.82, 2.24) is 4.90 Å². The SMILES string of the molecule is CC1(C2CC2)CN(CCOc2ccccc2C(=O)O)CCO1.O=C(O)C(F)(F)F. The van der Waals surface area contributed by atoms with Gasteiger partial charge in [-0.05, 0) is 37.8 Å². The lowest BCUT2D eigenvalue weighted by atomic mass is 9.98. The van der Waals surface area contributed by atoms with Crippen molar-refractivity contribution in [2.75, 3.05) is 32.8 Å². The van der Waals surface area contributed by atoms with Crippen molar-refractivity contribution in [2.45, 2.75) is 31.5 Å². The molecule has 10 heteroatoms. The van der Waals surface area contributed by atoms with E-state index in [2.05, 4.69) is 11.8 Å². The van der Waals surface area contributed by atoms with Crippen molar-refractivity contribution < 1.29 is 42.4 Å². The molecule has 0 bridgehead atoms. The van der Waals surface area contributed by atoms with E-state index in [-0.39, 0.29) is 11.2 Å². The highest BCUT2D eigenvalue weighted by atomic mass is 19.4. The Hall–Kier alpha value is -2.33. The van der Waals surface area contributed by atoms with Crippen molar-refractivity contribution >= 4 is 11.9 Å². The van der Waals surface area contributed by atoms with Crippen LogP contribution in [-0.4, -0.2) is 71.7 Å². The van der Waals surface area contributed by atoms with E-state index in [1.54, 1.807) is 24.3 Å². The minimum absolute atomic E-state index is 0.0166. The third-order valence-electron chi connectivity index (χ3n) is 4.84. The molecular weight excluding hydrogens is 395 g/mol. The highest BCUT2D eigenvalue weighted by Crippen LogP contribution is 2.43. The largest absolute Gasteiger partial charge is 0.491 e. The fourth-order valence-electron chi connectivity index (χ4n) is 3.16. The highest BCUT2D eigenvalue weighted by molar-refractivity contribution is 5.90. The van der Waals surface area contributed by atoms with Gasteiger partial charge in [0.05, 0.1) is 12.2 Å². The highest BCUT2D eigenvalue weighted by Gasteiger charge is 2.45. The third-order valence-corrected chi connectivity index (χ3v) is 4.84. The predicted molar refractivity (Wildman–Crippen MR) is 96.1 cm³/mol. The van der Waals surface area contributed by atoms with E-state index in [1.807, 2.05) is 0 Å². The van der Waals surface area contributed by atoms with E-state index in [9.17, 15) is 18.0 Å². The fraction of sp³-hybridized carbons (Fsp3) is 0.579. The molecule has 1 aromatic carbocycles. The number of hydrogen-bond acceptors (Lipinski definition) is 5. The van der Waals surface area contributed by atoms with E-state index in [1.165, 1.54) is 12.8 Å². The number of rotatable bonds is 6. The molecule has 2 N–H and O–H groups in total. The summed E-state index contributed by atoms with van der Waals surface area (Å²) < 4.78 is 43.4. The molecule has 0 amide bonds. The molecule has 162 valence electrons. The van der Waals surface area contributed by atoms with Crippen LogP contribution < -0.4 is 4.74 Å². The summed E-state index contributed by atoms with van der Waals surface area (Å²) in [6, 6.07) is 6.77. The Bertz CT molecular complexity index is 722. The molecule has 1 saturated heterocycles. The number of morpholine rings is 1. The summed E-state index contributed by atoms with van der Waals surface area (Å²) in [4.78, 5) is 22.4. The number of benzene rings is 1. The van der Waals surface area contributed by atoms with Crippen LogP contribution in [0.2, 0.25) is 0 Å². The topological polar surface area (TPSA) is 96.3 Å². The number of carboxylic acid groups (broad SMARTS) is 2. The van der Waals surface area contributed by atoms with Gasteiger partial charge in [-0.25, -0.2) is 9.59 Å². The zero-order valence-electron chi connectivity index (χ0n) is 15.9. The van der Waals surface area contributed by atoms with Gasteiger partial charge in [-0.15, -0.1) is 0 Å². The Morgan fingerprint density at radius 1 is 1.28 bits per heavy atom. The summed E-state index contributed by atoms with van der Waals surface area (Å²) in [5, 5.41) is 16.3. The molecule has 2 aliphatic rings. The van der Waals surface area contributed by atoms with Crippen LogP contribution in [0.4, 0.5) is 13.2 Å². The molecule has 1 aliphatic carbocycles. The van der Waals surface area contributed by atoms with E-state index in [0.29, 0.717) is 18.3 Å². The van der Waals surface area contributed by atoms with Crippen LogP contribution in [0.3, 0.4) is 0 Å².